The van der Waals surface area contributed by atoms with Crippen molar-refractivity contribution in [3.05, 3.63) is 29.6 Å². The molecule has 0 aromatic heterocycles. The molecule has 17 heavy (non-hydrogen) atoms. The molecule has 1 aliphatic heterocycles. The van der Waals surface area contributed by atoms with Gasteiger partial charge in [0.05, 0.1) is 18.8 Å². The van der Waals surface area contributed by atoms with E-state index in [1.54, 1.807) is 13.0 Å². The van der Waals surface area contributed by atoms with Crippen molar-refractivity contribution in [2.24, 2.45) is 0 Å². The van der Waals surface area contributed by atoms with E-state index in [-0.39, 0.29) is 11.9 Å². The van der Waals surface area contributed by atoms with Crippen LogP contribution in [0.4, 0.5) is 10.1 Å². The molecule has 0 aliphatic carbocycles. The first-order chi connectivity index (χ1) is 8.08. The van der Waals surface area contributed by atoms with Crippen molar-refractivity contribution in [2.45, 2.75) is 26.1 Å². The summed E-state index contributed by atoms with van der Waals surface area (Å²) in [4.78, 5) is 2.13. The first-order valence-electron chi connectivity index (χ1n) is 5.92. The number of halogens is 1. The lowest BCUT2D eigenvalue weighted by molar-refractivity contribution is 0.0529. The van der Waals surface area contributed by atoms with Gasteiger partial charge in [0.25, 0.3) is 0 Å². The molecule has 0 bridgehead atoms. The van der Waals surface area contributed by atoms with Gasteiger partial charge in [-0.15, -0.1) is 0 Å². The van der Waals surface area contributed by atoms with E-state index in [4.69, 9.17) is 4.74 Å². The Labute approximate surface area is 101 Å². The van der Waals surface area contributed by atoms with Gasteiger partial charge < -0.3 is 14.7 Å². The van der Waals surface area contributed by atoms with Crippen LogP contribution in [0.15, 0.2) is 18.2 Å². The zero-order valence-electron chi connectivity index (χ0n) is 10.2. The zero-order valence-corrected chi connectivity index (χ0v) is 10.2. The molecule has 3 nitrogen and oxygen atoms in total. The second-order valence-corrected chi connectivity index (χ2v) is 4.51. The molecule has 1 N–H and O–H groups in total. The van der Waals surface area contributed by atoms with Gasteiger partial charge in [-0.2, -0.15) is 0 Å². The molecule has 1 saturated heterocycles. The summed E-state index contributed by atoms with van der Waals surface area (Å²) in [7, 11) is 0. The maximum Gasteiger partial charge on any atom is 0.123 e. The number of hydrogen-bond acceptors (Lipinski definition) is 3. The number of morpholine rings is 1. The molecular formula is C13H18FNO2. The lowest BCUT2D eigenvalue weighted by Crippen LogP contribution is -2.41. The average molecular weight is 239 g/mol. The van der Waals surface area contributed by atoms with Crippen molar-refractivity contribution < 1.29 is 14.2 Å². The summed E-state index contributed by atoms with van der Waals surface area (Å²) in [6.45, 7) is 5.87. The summed E-state index contributed by atoms with van der Waals surface area (Å²) in [6, 6.07) is 4.57. The summed E-state index contributed by atoms with van der Waals surface area (Å²) in [6.07, 6.45) is -0.505. The van der Waals surface area contributed by atoms with Gasteiger partial charge in [-0.25, -0.2) is 4.39 Å². The molecule has 1 aromatic carbocycles. The van der Waals surface area contributed by atoms with Crippen LogP contribution in [-0.2, 0) is 4.74 Å². The highest BCUT2D eigenvalue weighted by atomic mass is 19.1. The highest BCUT2D eigenvalue weighted by Gasteiger charge is 2.20. The number of aliphatic hydroxyl groups excluding tert-OH is 1. The van der Waals surface area contributed by atoms with Crippen LogP contribution in [0.25, 0.3) is 0 Å². The van der Waals surface area contributed by atoms with Crippen molar-refractivity contribution in [1.82, 2.24) is 0 Å². The van der Waals surface area contributed by atoms with Crippen molar-refractivity contribution in [2.75, 3.05) is 24.6 Å². The first kappa shape index (κ1) is 12.3. The van der Waals surface area contributed by atoms with Crippen LogP contribution < -0.4 is 4.90 Å². The van der Waals surface area contributed by atoms with Crippen LogP contribution in [0.1, 0.15) is 25.5 Å². The first-order valence-corrected chi connectivity index (χ1v) is 5.92. The number of ether oxygens (including phenoxy) is 1. The van der Waals surface area contributed by atoms with E-state index in [0.717, 1.165) is 18.8 Å². The quantitative estimate of drug-likeness (QED) is 0.858. The van der Waals surface area contributed by atoms with E-state index >= 15 is 0 Å². The molecule has 1 aliphatic rings. The Morgan fingerprint density at radius 2 is 2.29 bits per heavy atom. The van der Waals surface area contributed by atoms with E-state index in [1.165, 1.54) is 12.1 Å². The summed E-state index contributed by atoms with van der Waals surface area (Å²) in [5, 5.41) is 9.70. The van der Waals surface area contributed by atoms with Gasteiger partial charge in [0, 0.05) is 24.3 Å². The molecule has 0 spiro atoms. The second-order valence-electron chi connectivity index (χ2n) is 4.51. The molecule has 1 fully saturated rings. The Kier molecular flexibility index (Phi) is 3.64. The standard InChI is InChI=1S/C13H18FNO2/c1-9-8-15(5-6-17-9)13-4-3-11(14)7-12(13)10(2)16/h3-4,7,9-10,16H,5-6,8H2,1-2H3/t9?,10-/m1/s1. The number of nitrogens with zero attached hydrogens (tertiary/aromatic N) is 1. The summed E-state index contributed by atoms with van der Waals surface area (Å²) < 4.78 is 18.7. The van der Waals surface area contributed by atoms with E-state index in [2.05, 4.69) is 4.90 Å². The molecular weight excluding hydrogens is 221 g/mol. The maximum atomic E-state index is 13.2. The molecule has 2 rings (SSSR count). The molecule has 1 unspecified atom stereocenters. The molecule has 1 aromatic rings. The third-order valence-electron chi connectivity index (χ3n) is 3.02. The van der Waals surface area contributed by atoms with Gasteiger partial charge in [-0.05, 0) is 32.0 Å². The highest BCUT2D eigenvalue weighted by molar-refractivity contribution is 5.55. The van der Waals surface area contributed by atoms with E-state index < -0.39 is 6.10 Å². The lowest BCUT2D eigenvalue weighted by atomic mass is 10.1. The van der Waals surface area contributed by atoms with Crippen LogP contribution in [0, 0.1) is 5.82 Å². The second kappa shape index (κ2) is 5.02. The van der Waals surface area contributed by atoms with Crippen LogP contribution >= 0.6 is 0 Å². The topological polar surface area (TPSA) is 32.7 Å². The minimum atomic E-state index is -0.668. The highest BCUT2D eigenvalue weighted by Crippen LogP contribution is 2.28. The number of aliphatic hydroxyl groups is 1. The number of rotatable bonds is 2. The maximum absolute atomic E-state index is 13.2. The summed E-state index contributed by atoms with van der Waals surface area (Å²) in [5.41, 5.74) is 1.54. The Hall–Kier alpha value is -1.13. The van der Waals surface area contributed by atoms with Gasteiger partial charge in [0.15, 0.2) is 0 Å². The van der Waals surface area contributed by atoms with Gasteiger partial charge >= 0.3 is 0 Å². The number of benzene rings is 1. The van der Waals surface area contributed by atoms with Crippen molar-refractivity contribution >= 4 is 5.69 Å². The zero-order chi connectivity index (χ0) is 12.4. The summed E-state index contributed by atoms with van der Waals surface area (Å²) >= 11 is 0. The summed E-state index contributed by atoms with van der Waals surface area (Å²) in [5.74, 6) is -0.314. The predicted molar refractivity (Wildman–Crippen MR) is 64.7 cm³/mol. The smallest absolute Gasteiger partial charge is 0.123 e. The molecule has 2 atom stereocenters. The van der Waals surface area contributed by atoms with Crippen LogP contribution in [0.2, 0.25) is 0 Å². The van der Waals surface area contributed by atoms with E-state index in [9.17, 15) is 9.50 Å². The Morgan fingerprint density at radius 1 is 1.53 bits per heavy atom. The van der Waals surface area contributed by atoms with Crippen LogP contribution in [0.5, 0.6) is 0 Å². The minimum absolute atomic E-state index is 0.163. The van der Waals surface area contributed by atoms with Gasteiger partial charge in [-0.3, -0.25) is 0 Å². The SMILES string of the molecule is CC1CN(c2ccc(F)cc2[C@@H](C)O)CCO1. The third kappa shape index (κ3) is 2.76. The monoisotopic (exact) mass is 239 g/mol. The van der Waals surface area contributed by atoms with Crippen LogP contribution in [-0.4, -0.2) is 30.9 Å². The lowest BCUT2D eigenvalue weighted by Gasteiger charge is -2.34. The molecule has 0 saturated carbocycles. The molecule has 0 amide bonds. The Balaban J connectivity index is 2.30. The van der Waals surface area contributed by atoms with E-state index in [0.29, 0.717) is 12.2 Å². The van der Waals surface area contributed by atoms with Crippen molar-refractivity contribution in [1.29, 1.82) is 0 Å². The van der Waals surface area contributed by atoms with Crippen molar-refractivity contribution in [3.8, 4) is 0 Å². The predicted octanol–water partition coefficient (Wildman–Crippen LogP) is 2.10. The fourth-order valence-corrected chi connectivity index (χ4v) is 2.19. The Morgan fingerprint density at radius 3 is 2.94 bits per heavy atom. The van der Waals surface area contributed by atoms with Crippen LogP contribution in [0.3, 0.4) is 0 Å². The minimum Gasteiger partial charge on any atom is -0.389 e. The largest absolute Gasteiger partial charge is 0.389 e. The van der Waals surface area contributed by atoms with Gasteiger partial charge in [0.1, 0.15) is 5.82 Å². The third-order valence-corrected chi connectivity index (χ3v) is 3.02. The number of anilines is 1. The molecule has 0 radical (unpaired) electrons. The average Bonchev–Trinajstić information content (AvgIpc) is 2.28. The normalized spacial score (nSPS) is 22.6. The molecule has 1 heterocycles. The van der Waals surface area contributed by atoms with Gasteiger partial charge in [-0.1, -0.05) is 0 Å². The fourth-order valence-electron chi connectivity index (χ4n) is 2.19. The molecule has 94 valence electrons. The van der Waals surface area contributed by atoms with E-state index in [1.807, 2.05) is 6.92 Å². The van der Waals surface area contributed by atoms with Crippen molar-refractivity contribution in [3.63, 3.8) is 0 Å². The molecule has 4 heteroatoms. The van der Waals surface area contributed by atoms with Gasteiger partial charge in [0.2, 0.25) is 0 Å². The Bertz CT molecular complexity index is 395. The fraction of sp³-hybridized carbons (Fsp3) is 0.538. The number of hydrogen-bond donors (Lipinski definition) is 1.